The summed E-state index contributed by atoms with van der Waals surface area (Å²) >= 11 is 0. The molecule has 1 aromatic carbocycles. The van der Waals surface area contributed by atoms with Gasteiger partial charge in [-0.25, -0.2) is 13.2 Å². The lowest BCUT2D eigenvalue weighted by atomic mass is 10.0. The molecule has 4 N–H and O–H groups in total. The van der Waals surface area contributed by atoms with E-state index in [-0.39, 0.29) is 13.0 Å². The third-order valence-corrected chi connectivity index (χ3v) is 2.20. The van der Waals surface area contributed by atoms with E-state index in [4.69, 9.17) is 5.73 Å². The molecule has 0 aliphatic heterocycles. The quantitative estimate of drug-likeness (QED) is 0.678. The van der Waals surface area contributed by atoms with Crippen LogP contribution in [-0.2, 0) is 0 Å². The van der Waals surface area contributed by atoms with Crippen molar-refractivity contribution >= 4 is 0 Å². The Hall–Kier alpha value is -1.11. The summed E-state index contributed by atoms with van der Waals surface area (Å²) in [5.74, 6) is -3.89. The molecule has 0 amide bonds. The van der Waals surface area contributed by atoms with Crippen molar-refractivity contribution in [1.82, 2.24) is 0 Å². The number of aliphatic hydroxyl groups is 2. The van der Waals surface area contributed by atoms with Crippen LogP contribution in [0.25, 0.3) is 0 Å². The van der Waals surface area contributed by atoms with Crippen molar-refractivity contribution in [1.29, 1.82) is 0 Å². The van der Waals surface area contributed by atoms with Crippen LogP contribution < -0.4 is 5.73 Å². The van der Waals surface area contributed by atoms with Crippen LogP contribution in [-0.4, -0.2) is 22.9 Å². The molecular weight excluding hydrogens is 223 g/mol. The van der Waals surface area contributed by atoms with Crippen molar-refractivity contribution in [2.24, 2.45) is 5.73 Å². The van der Waals surface area contributed by atoms with Crippen LogP contribution in [0.3, 0.4) is 0 Å². The minimum absolute atomic E-state index is 0.0385. The Morgan fingerprint density at radius 2 is 1.69 bits per heavy atom. The van der Waals surface area contributed by atoms with Crippen LogP contribution in [0, 0.1) is 17.5 Å². The van der Waals surface area contributed by atoms with Gasteiger partial charge in [-0.1, -0.05) is 0 Å². The summed E-state index contributed by atoms with van der Waals surface area (Å²) in [6.45, 7) is 0.0385. The second-order valence-corrected chi connectivity index (χ2v) is 3.35. The summed E-state index contributed by atoms with van der Waals surface area (Å²) < 4.78 is 39.2. The van der Waals surface area contributed by atoms with Gasteiger partial charge in [-0.05, 0) is 25.1 Å². The van der Waals surface area contributed by atoms with Crippen molar-refractivity contribution in [2.75, 3.05) is 6.54 Å². The molecule has 0 aliphatic carbocycles. The minimum atomic E-state index is -1.83. The first-order valence-electron chi connectivity index (χ1n) is 4.68. The van der Waals surface area contributed by atoms with E-state index in [2.05, 4.69) is 0 Å². The molecule has 0 spiro atoms. The van der Waals surface area contributed by atoms with E-state index in [1.54, 1.807) is 0 Å². The van der Waals surface area contributed by atoms with Gasteiger partial charge < -0.3 is 15.9 Å². The van der Waals surface area contributed by atoms with Crippen LogP contribution in [0.1, 0.15) is 18.1 Å². The maximum absolute atomic E-state index is 13.2. The Bertz CT molecular complexity index is 373. The maximum Gasteiger partial charge on any atom is 0.167 e. The molecule has 0 radical (unpaired) electrons. The molecule has 0 aliphatic rings. The highest BCUT2D eigenvalue weighted by molar-refractivity contribution is 5.24. The first-order valence-corrected chi connectivity index (χ1v) is 4.68. The Morgan fingerprint density at radius 3 is 2.25 bits per heavy atom. The molecule has 0 aromatic heterocycles. The highest BCUT2D eigenvalue weighted by atomic mass is 19.2. The van der Waals surface area contributed by atoms with Crippen LogP contribution in [0.5, 0.6) is 0 Å². The fourth-order valence-corrected chi connectivity index (χ4v) is 1.33. The third-order valence-electron chi connectivity index (χ3n) is 2.20. The molecule has 0 saturated heterocycles. The molecule has 1 aromatic rings. The van der Waals surface area contributed by atoms with Gasteiger partial charge in [-0.3, -0.25) is 0 Å². The average molecular weight is 235 g/mol. The normalized spacial score (nSPS) is 14.9. The highest BCUT2D eigenvalue weighted by Crippen LogP contribution is 2.26. The summed E-state index contributed by atoms with van der Waals surface area (Å²) in [4.78, 5) is 0. The van der Waals surface area contributed by atoms with Crippen LogP contribution in [0.2, 0.25) is 0 Å². The summed E-state index contributed by atoms with van der Waals surface area (Å²) in [6.07, 6.45) is -3.31. The molecular formula is C10H12F3NO2. The van der Waals surface area contributed by atoms with Crippen molar-refractivity contribution in [3.05, 3.63) is 35.1 Å². The number of nitrogens with two attached hydrogens (primary N) is 1. The van der Waals surface area contributed by atoms with Gasteiger partial charge in [-0.15, -0.1) is 0 Å². The van der Waals surface area contributed by atoms with Crippen molar-refractivity contribution < 1.29 is 23.4 Å². The average Bonchev–Trinajstić information content (AvgIpc) is 2.24. The fraction of sp³-hybridized carbons (Fsp3) is 0.400. The summed E-state index contributed by atoms with van der Waals surface area (Å²) in [7, 11) is 0. The lowest BCUT2D eigenvalue weighted by molar-refractivity contribution is 0.0104. The van der Waals surface area contributed by atoms with Gasteiger partial charge in [0.25, 0.3) is 0 Å². The minimum Gasteiger partial charge on any atom is -0.390 e. The second kappa shape index (κ2) is 5.29. The first kappa shape index (κ1) is 13.0. The number of hydrogen-bond donors (Lipinski definition) is 3. The van der Waals surface area contributed by atoms with Crippen molar-refractivity contribution in [2.45, 2.75) is 18.6 Å². The number of benzene rings is 1. The fourth-order valence-electron chi connectivity index (χ4n) is 1.33. The van der Waals surface area contributed by atoms with Crippen LogP contribution in [0.4, 0.5) is 13.2 Å². The van der Waals surface area contributed by atoms with E-state index < -0.39 is 35.2 Å². The molecule has 0 bridgehead atoms. The number of halogens is 3. The first-order chi connectivity index (χ1) is 7.49. The van der Waals surface area contributed by atoms with E-state index in [0.717, 1.165) is 0 Å². The zero-order chi connectivity index (χ0) is 12.3. The Morgan fingerprint density at radius 1 is 1.12 bits per heavy atom. The Kier molecular flexibility index (Phi) is 4.28. The smallest absolute Gasteiger partial charge is 0.167 e. The number of aliphatic hydroxyl groups excluding tert-OH is 2. The predicted octanol–water partition coefficient (Wildman–Crippen LogP) is 0.847. The zero-order valence-corrected chi connectivity index (χ0v) is 8.33. The van der Waals surface area contributed by atoms with E-state index in [0.29, 0.717) is 12.1 Å². The molecule has 0 heterocycles. The van der Waals surface area contributed by atoms with Gasteiger partial charge >= 0.3 is 0 Å². The van der Waals surface area contributed by atoms with E-state index in [1.807, 2.05) is 0 Å². The SMILES string of the molecule is NCCC(O)C(O)c1c(F)ccc(F)c1F. The lowest BCUT2D eigenvalue weighted by Crippen LogP contribution is -2.23. The lowest BCUT2D eigenvalue weighted by Gasteiger charge is -2.18. The molecule has 16 heavy (non-hydrogen) atoms. The summed E-state index contributed by atoms with van der Waals surface area (Å²) in [5.41, 5.74) is 4.24. The molecule has 90 valence electrons. The Balaban J connectivity index is 3.07. The van der Waals surface area contributed by atoms with Gasteiger partial charge in [-0.2, -0.15) is 0 Å². The van der Waals surface area contributed by atoms with E-state index in [9.17, 15) is 23.4 Å². The van der Waals surface area contributed by atoms with E-state index >= 15 is 0 Å². The number of hydrogen-bond acceptors (Lipinski definition) is 3. The highest BCUT2D eigenvalue weighted by Gasteiger charge is 2.26. The van der Waals surface area contributed by atoms with E-state index in [1.165, 1.54) is 0 Å². The molecule has 1 rings (SSSR count). The molecule has 0 fully saturated rings. The third kappa shape index (κ3) is 2.52. The van der Waals surface area contributed by atoms with Gasteiger partial charge in [0.2, 0.25) is 0 Å². The molecule has 0 saturated carbocycles. The maximum atomic E-state index is 13.2. The monoisotopic (exact) mass is 235 g/mol. The van der Waals surface area contributed by atoms with Crippen molar-refractivity contribution in [3.63, 3.8) is 0 Å². The Labute approximate surface area is 90.3 Å². The van der Waals surface area contributed by atoms with Crippen molar-refractivity contribution in [3.8, 4) is 0 Å². The van der Waals surface area contributed by atoms with Gasteiger partial charge in [0.15, 0.2) is 11.6 Å². The van der Waals surface area contributed by atoms with Crippen LogP contribution >= 0.6 is 0 Å². The molecule has 3 nitrogen and oxygen atoms in total. The zero-order valence-electron chi connectivity index (χ0n) is 8.33. The molecule has 2 atom stereocenters. The second-order valence-electron chi connectivity index (χ2n) is 3.35. The molecule has 6 heteroatoms. The number of rotatable bonds is 4. The van der Waals surface area contributed by atoms with Gasteiger partial charge in [0, 0.05) is 0 Å². The topological polar surface area (TPSA) is 66.5 Å². The standard InChI is InChI=1S/C10H12F3NO2/c11-5-1-2-6(12)9(13)8(5)10(16)7(15)3-4-14/h1-2,7,10,15-16H,3-4,14H2. The van der Waals surface area contributed by atoms with Gasteiger partial charge in [0.05, 0.1) is 11.7 Å². The van der Waals surface area contributed by atoms with Gasteiger partial charge in [0.1, 0.15) is 11.9 Å². The summed E-state index contributed by atoms with van der Waals surface area (Å²) in [6, 6.07) is 1.29. The van der Waals surface area contributed by atoms with Crippen LogP contribution in [0.15, 0.2) is 12.1 Å². The largest absolute Gasteiger partial charge is 0.390 e. The molecule has 2 unspecified atom stereocenters. The predicted molar refractivity (Wildman–Crippen MR) is 51.0 cm³/mol. The summed E-state index contributed by atoms with van der Waals surface area (Å²) in [5, 5.41) is 18.8.